The predicted molar refractivity (Wildman–Crippen MR) is 204 cm³/mol. The number of carbonyl (C=O) groups excluding carboxylic acids is 5. The molecule has 0 unspecified atom stereocenters. The Hall–Kier alpha value is -6.51. The lowest BCUT2D eigenvalue weighted by atomic mass is 9.99. The van der Waals surface area contributed by atoms with E-state index in [0.717, 1.165) is 24.5 Å². The van der Waals surface area contributed by atoms with Crippen LogP contribution in [0, 0.1) is 0 Å². The van der Waals surface area contributed by atoms with Crippen molar-refractivity contribution in [2.24, 2.45) is 5.73 Å². The third kappa shape index (κ3) is 13.4. The molecular formula is C40H47N5O10. The number of nitrogens with zero attached hydrogens (tertiary/aromatic N) is 1. The molecule has 0 radical (unpaired) electrons. The first-order valence-electron chi connectivity index (χ1n) is 17.6. The van der Waals surface area contributed by atoms with E-state index in [4.69, 9.17) is 10.5 Å². The number of rotatable bonds is 17. The summed E-state index contributed by atoms with van der Waals surface area (Å²) in [5, 5.41) is 27.8. The van der Waals surface area contributed by atoms with Crippen LogP contribution in [-0.2, 0) is 41.6 Å². The molecule has 0 fully saturated rings. The van der Waals surface area contributed by atoms with Gasteiger partial charge in [0.05, 0.1) is 16.9 Å². The molecule has 7 N–H and O–H groups in total. The number of benzene rings is 3. The number of hydrogen-bond donors (Lipinski definition) is 6. The van der Waals surface area contributed by atoms with Crippen molar-refractivity contribution in [1.29, 1.82) is 0 Å². The normalized spacial score (nSPS) is 12.2. The number of nitrogens with one attached hydrogen (secondary N) is 3. The molecule has 0 aromatic heterocycles. The van der Waals surface area contributed by atoms with Gasteiger partial charge in [0.25, 0.3) is 0 Å². The minimum atomic E-state index is -1.89. The number of alkyl carbamates (subject to hydrolysis) is 1. The summed E-state index contributed by atoms with van der Waals surface area (Å²) >= 11 is 0. The van der Waals surface area contributed by atoms with Crippen molar-refractivity contribution >= 4 is 59.1 Å². The lowest BCUT2D eigenvalue weighted by Gasteiger charge is -2.26. The van der Waals surface area contributed by atoms with Gasteiger partial charge in [0.15, 0.2) is 0 Å². The Balaban J connectivity index is 2.09. The molecule has 0 aliphatic carbocycles. The quantitative estimate of drug-likeness (QED) is 0.0655. The molecular weight excluding hydrogens is 710 g/mol. The van der Waals surface area contributed by atoms with Crippen molar-refractivity contribution in [2.75, 3.05) is 11.4 Å². The zero-order valence-electron chi connectivity index (χ0n) is 31.2. The molecule has 15 nitrogen and oxygen atoms in total. The van der Waals surface area contributed by atoms with E-state index in [-0.39, 0.29) is 35.3 Å². The lowest BCUT2D eigenvalue weighted by molar-refractivity contribution is -0.148. The van der Waals surface area contributed by atoms with Gasteiger partial charge in [-0.2, -0.15) is 0 Å². The number of primary amides is 1. The van der Waals surface area contributed by atoms with Crippen molar-refractivity contribution in [2.45, 2.75) is 77.5 Å². The Labute approximate surface area is 318 Å². The minimum absolute atomic E-state index is 0.0630. The second-order valence-electron chi connectivity index (χ2n) is 13.5. The van der Waals surface area contributed by atoms with Crippen LogP contribution in [0.5, 0.6) is 0 Å². The Morgan fingerprint density at radius 2 is 1.44 bits per heavy atom. The second kappa shape index (κ2) is 20.1. The number of carboxylic acids is 2. The van der Waals surface area contributed by atoms with Crippen LogP contribution in [-0.4, -0.2) is 76.1 Å². The summed E-state index contributed by atoms with van der Waals surface area (Å²) in [5.41, 5.74) is 4.93. The number of carboxylic acid groups (broad SMARTS) is 2. The number of amides is 5. The summed E-state index contributed by atoms with van der Waals surface area (Å²) in [6, 6.07) is 16.1. The van der Waals surface area contributed by atoms with Gasteiger partial charge < -0.3 is 36.6 Å². The number of aliphatic carboxylic acids is 1. The van der Waals surface area contributed by atoms with Crippen LogP contribution in [0.2, 0.25) is 0 Å². The highest BCUT2D eigenvalue weighted by atomic mass is 16.6. The first-order chi connectivity index (χ1) is 26.0. The van der Waals surface area contributed by atoms with E-state index in [1.165, 1.54) is 48.5 Å². The SMILES string of the molecule is CCCCCNC(=O)[C@H](Cc1ccc(N(C(=O)C(=O)O)c2ccccc2C(=O)O)c(/C=C/C(N)=O)c1)NC(=O)[C@H](Cc1ccccc1)NC(=O)OC(C)(C)C. The molecule has 0 heterocycles. The maximum Gasteiger partial charge on any atom is 0.408 e. The number of nitrogens with two attached hydrogens (primary N) is 1. The highest BCUT2D eigenvalue weighted by Crippen LogP contribution is 2.33. The molecule has 3 rings (SSSR count). The summed E-state index contributed by atoms with van der Waals surface area (Å²) in [6.07, 6.45) is 3.70. The van der Waals surface area contributed by atoms with Crippen molar-refractivity contribution in [3.63, 3.8) is 0 Å². The lowest BCUT2D eigenvalue weighted by Crippen LogP contribution is -2.55. The first-order valence-corrected chi connectivity index (χ1v) is 17.6. The molecule has 5 amide bonds. The number of ether oxygens (including phenoxy) is 1. The smallest absolute Gasteiger partial charge is 0.408 e. The number of aromatic carboxylic acids is 1. The van der Waals surface area contributed by atoms with E-state index in [9.17, 15) is 43.8 Å². The van der Waals surface area contributed by atoms with E-state index in [1.807, 2.05) is 6.92 Å². The maximum atomic E-state index is 13.9. The summed E-state index contributed by atoms with van der Waals surface area (Å²) in [5.74, 6) is -6.90. The van der Waals surface area contributed by atoms with E-state index >= 15 is 0 Å². The summed E-state index contributed by atoms with van der Waals surface area (Å²) < 4.78 is 5.40. The van der Waals surface area contributed by atoms with Gasteiger partial charge in [0.2, 0.25) is 17.7 Å². The van der Waals surface area contributed by atoms with Crippen LogP contribution in [0.15, 0.2) is 78.9 Å². The third-order valence-corrected chi connectivity index (χ3v) is 7.96. The van der Waals surface area contributed by atoms with Crippen LogP contribution >= 0.6 is 0 Å². The zero-order valence-corrected chi connectivity index (χ0v) is 31.2. The second-order valence-corrected chi connectivity index (χ2v) is 13.5. The van der Waals surface area contributed by atoms with E-state index in [2.05, 4.69) is 16.0 Å². The van der Waals surface area contributed by atoms with Crippen LogP contribution in [0.3, 0.4) is 0 Å². The van der Waals surface area contributed by atoms with E-state index < -0.39 is 59.3 Å². The van der Waals surface area contributed by atoms with Crippen LogP contribution in [0.25, 0.3) is 6.08 Å². The van der Waals surface area contributed by atoms with Gasteiger partial charge in [-0.05, 0) is 74.2 Å². The van der Waals surface area contributed by atoms with E-state index in [0.29, 0.717) is 23.4 Å². The number of para-hydroxylation sites is 1. The molecule has 55 heavy (non-hydrogen) atoms. The molecule has 292 valence electrons. The molecule has 0 aliphatic heterocycles. The monoisotopic (exact) mass is 757 g/mol. The van der Waals surface area contributed by atoms with Gasteiger partial charge >= 0.3 is 23.9 Å². The van der Waals surface area contributed by atoms with Gasteiger partial charge in [0.1, 0.15) is 17.7 Å². The number of anilines is 2. The zero-order chi connectivity index (χ0) is 40.7. The third-order valence-electron chi connectivity index (χ3n) is 7.96. The molecule has 3 aromatic rings. The van der Waals surface area contributed by atoms with Gasteiger partial charge in [-0.25, -0.2) is 14.4 Å². The van der Waals surface area contributed by atoms with Crippen molar-refractivity contribution in [3.8, 4) is 0 Å². The van der Waals surface area contributed by atoms with Crippen molar-refractivity contribution in [3.05, 3.63) is 101 Å². The van der Waals surface area contributed by atoms with E-state index in [1.54, 1.807) is 51.1 Å². The molecule has 0 saturated carbocycles. The first kappa shape index (κ1) is 42.9. The fourth-order valence-electron chi connectivity index (χ4n) is 5.47. The minimum Gasteiger partial charge on any atom is -0.478 e. The van der Waals surface area contributed by atoms with Gasteiger partial charge in [-0.15, -0.1) is 0 Å². The Kier molecular flexibility index (Phi) is 15.7. The van der Waals surface area contributed by atoms with Gasteiger partial charge in [-0.3, -0.25) is 24.1 Å². The average molecular weight is 758 g/mol. The van der Waals surface area contributed by atoms with Crippen LogP contribution in [0.1, 0.15) is 74.0 Å². The molecule has 0 spiro atoms. The highest BCUT2D eigenvalue weighted by Gasteiger charge is 2.31. The summed E-state index contributed by atoms with van der Waals surface area (Å²) in [6.45, 7) is 7.37. The Morgan fingerprint density at radius 1 is 0.800 bits per heavy atom. The fourth-order valence-corrected chi connectivity index (χ4v) is 5.47. The van der Waals surface area contributed by atoms with Gasteiger partial charge in [-0.1, -0.05) is 68.3 Å². The standard InChI is InChI=1S/C40H47N5O10/c1-5-6-12-21-42-34(47)29(43-35(48)30(23-25-13-8-7-9-14-25)44-39(54)55-40(2,3)4)24-26-17-19-31(27(22-26)18-20-33(41)46)45(36(49)38(52)53)32-16-11-10-15-28(32)37(50)51/h7-11,13-20,22,29-30H,5-6,12,21,23-24H2,1-4H3,(H2,41,46)(H,42,47)(H,43,48)(H,44,54)(H,50,51)(H,52,53)/b20-18+/t29-,30-/m0/s1. The maximum absolute atomic E-state index is 13.9. The van der Waals surface area contributed by atoms with Gasteiger partial charge in [0, 0.05) is 25.5 Å². The molecule has 0 saturated heterocycles. The largest absolute Gasteiger partial charge is 0.478 e. The molecule has 0 bridgehead atoms. The summed E-state index contributed by atoms with van der Waals surface area (Å²) in [7, 11) is 0. The van der Waals surface area contributed by atoms with Crippen molar-refractivity contribution < 1.29 is 48.5 Å². The average Bonchev–Trinajstić information content (AvgIpc) is 3.12. The Bertz CT molecular complexity index is 1910. The van der Waals surface area contributed by atoms with Crippen molar-refractivity contribution in [1.82, 2.24) is 16.0 Å². The topological polar surface area (TPSA) is 235 Å². The molecule has 2 atom stereocenters. The number of hydrogen-bond acceptors (Lipinski definition) is 8. The number of unbranched alkanes of at least 4 members (excludes halogenated alkanes) is 2. The predicted octanol–water partition coefficient (Wildman–Crippen LogP) is 4.10. The van der Waals surface area contributed by atoms with Crippen LogP contribution < -0.4 is 26.6 Å². The molecule has 3 aromatic carbocycles. The molecule has 0 aliphatic rings. The summed E-state index contributed by atoms with van der Waals surface area (Å²) in [4.78, 5) is 90.2. The molecule has 15 heteroatoms. The number of carbonyl (C=O) groups is 7. The van der Waals surface area contributed by atoms with Crippen LogP contribution in [0.4, 0.5) is 16.2 Å². The fraction of sp³-hybridized carbons (Fsp3) is 0.325. The Morgan fingerprint density at radius 3 is 2.05 bits per heavy atom. The highest BCUT2D eigenvalue weighted by molar-refractivity contribution is 6.39.